The van der Waals surface area contributed by atoms with Crippen LogP contribution in [-0.2, 0) is 9.22 Å². The second-order valence-electron chi connectivity index (χ2n) is 0.622. The first-order valence-corrected chi connectivity index (χ1v) is 2.16. The molecule has 0 heterocycles. The van der Waals surface area contributed by atoms with Crippen LogP contribution < -0.4 is 0 Å². The first-order valence-electron chi connectivity index (χ1n) is 1.34. The second kappa shape index (κ2) is 3.85. The molecule has 0 aliphatic heterocycles. The van der Waals surface area contributed by atoms with Gasteiger partial charge in [-0.1, -0.05) is 0 Å². The van der Waals surface area contributed by atoms with Gasteiger partial charge >= 0.3 is 0 Å². The summed E-state index contributed by atoms with van der Waals surface area (Å²) in [6.45, 7) is 0.270. The monoisotopic (exact) mass is 90.0 g/mol. The van der Waals surface area contributed by atoms with Gasteiger partial charge in [-0.25, -0.2) is 0 Å². The molecular weight excluding hydrogens is 84.1 g/mol. The summed E-state index contributed by atoms with van der Waals surface area (Å²) < 4.78 is 4.46. The van der Waals surface area contributed by atoms with Crippen LogP contribution in [0.2, 0.25) is 0 Å². The van der Waals surface area contributed by atoms with E-state index in [1.54, 1.807) is 0 Å². The molecule has 3 heteroatoms. The van der Waals surface area contributed by atoms with Crippen LogP contribution in [0.4, 0.5) is 0 Å². The molecule has 0 spiro atoms. The van der Waals surface area contributed by atoms with Crippen LogP contribution in [0.25, 0.3) is 0 Å². The molecule has 0 aliphatic rings. The van der Waals surface area contributed by atoms with Gasteiger partial charge in [0.2, 0.25) is 0 Å². The summed E-state index contributed by atoms with van der Waals surface area (Å²) in [5, 5.41) is 0. The van der Waals surface area contributed by atoms with E-state index in [-0.39, 0.29) is 6.61 Å². The Labute approximate surface area is 33.7 Å². The van der Waals surface area contributed by atoms with Gasteiger partial charge in [-0.05, 0) is 0 Å². The topological polar surface area (TPSA) is 26.3 Å². The molecule has 0 aromatic heterocycles. The van der Waals surface area contributed by atoms with Crippen LogP contribution in [0.3, 0.4) is 0 Å². The highest BCUT2D eigenvalue weighted by Gasteiger charge is 1.63. The minimum atomic E-state index is 0.270. The van der Waals surface area contributed by atoms with E-state index in [1.165, 1.54) is 0 Å². The van der Waals surface area contributed by atoms with E-state index < -0.39 is 0 Å². The average molecular weight is 90.2 g/mol. The summed E-state index contributed by atoms with van der Waals surface area (Å²) in [7, 11) is 0.667. The molecule has 0 aliphatic carbocycles. The zero-order chi connectivity index (χ0) is 4.12. The fourth-order valence-corrected chi connectivity index (χ4v) is 0.204. The Morgan fingerprint density at radius 1 is 2.00 bits per heavy atom. The zero-order valence-electron chi connectivity index (χ0n) is 3.10. The van der Waals surface area contributed by atoms with Crippen molar-refractivity contribution in [2.75, 3.05) is 6.61 Å². The van der Waals surface area contributed by atoms with Crippen LogP contribution in [-0.4, -0.2) is 23.4 Å². The lowest BCUT2D eigenvalue weighted by Crippen LogP contribution is -1.86. The molecule has 0 N–H and O–H groups in total. The molecule has 0 aromatic rings. The summed E-state index contributed by atoms with van der Waals surface area (Å²) in [6, 6.07) is 0. The number of hydrogen-bond acceptors (Lipinski definition) is 2. The van der Waals surface area contributed by atoms with Crippen molar-refractivity contribution in [1.82, 2.24) is 0 Å². The van der Waals surface area contributed by atoms with Gasteiger partial charge in [-0.3, -0.25) is 0 Å². The summed E-state index contributed by atoms with van der Waals surface area (Å²) >= 11 is 0. The standard InChI is InChI=1S/C2H6O2Si/c3-1-2-4-5/h1H,2H2,5H3. The van der Waals surface area contributed by atoms with Crippen molar-refractivity contribution < 1.29 is 9.22 Å². The number of hydrogen-bond donors (Lipinski definition) is 0. The molecule has 0 fully saturated rings. The Hall–Kier alpha value is -0.153. The van der Waals surface area contributed by atoms with Crippen molar-refractivity contribution in [3.63, 3.8) is 0 Å². The van der Waals surface area contributed by atoms with Crippen molar-refractivity contribution in [1.29, 1.82) is 0 Å². The lowest BCUT2D eigenvalue weighted by Gasteiger charge is -1.77. The van der Waals surface area contributed by atoms with Gasteiger partial charge in [0.15, 0.2) is 0 Å². The summed E-state index contributed by atoms with van der Waals surface area (Å²) in [4.78, 5) is 9.30. The van der Waals surface area contributed by atoms with E-state index in [0.717, 1.165) is 6.29 Å². The largest absolute Gasteiger partial charge is 0.421 e. The van der Waals surface area contributed by atoms with Gasteiger partial charge in [0.05, 0.1) is 6.61 Å². The second-order valence-corrected chi connectivity index (χ2v) is 1.20. The van der Waals surface area contributed by atoms with Gasteiger partial charge in [-0.2, -0.15) is 0 Å². The highest BCUT2D eigenvalue weighted by Crippen LogP contribution is 1.48. The SMILES string of the molecule is O=CCO[SiH3]. The van der Waals surface area contributed by atoms with Crippen LogP contribution >= 0.6 is 0 Å². The van der Waals surface area contributed by atoms with Gasteiger partial charge in [-0.15, -0.1) is 0 Å². The Kier molecular flexibility index (Phi) is 3.73. The maximum atomic E-state index is 9.30. The van der Waals surface area contributed by atoms with Crippen LogP contribution in [0.5, 0.6) is 0 Å². The van der Waals surface area contributed by atoms with Crippen LogP contribution in [0.1, 0.15) is 0 Å². The number of aldehydes is 1. The maximum absolute atomic E-state index is 9.30. The molecule has 0 unspecified atom stereocenters. The normalized spacial score (nSPS) is 8.00. The number of carbonyl (C=O) groups is 1. The van der Waals surface area contributed by atoms with E-state index in [1.807, 2.05) is 0 Å². The Balaban J connectivity index is 2.40. The van der Waals surface area contributed by atoms with E-state index in [4.69, 9.17) is 0 Å². The summed E-state index contributed by atoms with van der Waals surface area (Å²) in [5.41, 5.74) is 0. The third-order valence-electron chi connectivity index (χ3n) is 0.235. The molecule has 0 aromatic carbocycles. The Bertz CT molecular complexity index is 28.8. The Morgan fingerprint density at radius 2 is 2.60 bits per heavy atom. The predicted octanol–water partition coefficient (Wildman–Crippen LogP) is -1.52. The number of carbonyl (C=O) groups excluding carboxylic acids is 1. The Morgan fingerprint density at radius 3 is 2.60 bits per heavy atom. The smallest absolute Gasteiger partial charge is 0.146 e. The molecule has 0 saturated carbocycles. The first-order chi connectivity index (χ1) is 2.41. The van der Waals surface area contributed by atoms with E-state index in [9.17, 15) is 4.79 Å². The molecule has 30 valence electrons. The third kappa shape index (κ3) is 3.85. The molecule has 5 heavy (non-hydrogen) atoms. The summed E-state index contributed by atoms with van der Waals surface area (Å²) in [5.74, 6) is 0. The fourth-order valence-electron chi connectivity index (χ4n) is 0.0680. The highest BCUT2D eigenvalue weighted by atomic mass is 28.2. The van der Waals surface area contributed by atoms with Crippen molar-refractivity contribution in [2.45, 2.75) is 0 Å². The molecule has 0 bridgehead atoms. The van der Waals surface area contributed by atoms with E-state index in [2.05, 4.69) is 4.43 Å². The van der Waals surface area contributed by atoms with Crippen molar-refractivity contribution in [2.24, 2.45) is 0 Å². The molecule has 0 radical (unpaired) electrons. The highest BCUT2D eigenvalue weighted by molar-refractivity contribution is 5.98. The molecule has 0 rings (SSSR count). The van der Waals surface area contributed by atoms with Gasteiger partial charge in [0, 0.05) is 0 Å². The lowest BCUT2D eigenvalue weighted by molar-refractivity contribution is -0.109. The van der Waals surface area contributed by atoms with Crippen LogP contribution in [0.15, 0.2) is 0 Å². The van der Waals surface area contributed by atoms with Gasteiger partial charge in [0.1, 0.15) is 16.8 Å². The lowest BCUT2D eigenvalue weighted by atomic mass is 10.9. The third-order valence-corrected chi connectivity index (χ3v) is 0.568. The zero-order valence-corrected chi connectivity index (χ0v) is 5.10. The van der Waals surface area contributed by atoms with Crippen molar-refractivity contribution >= 4 is 16.8 Å². The summed E-state index contributed by atoms with van der Waals surface area (Å²) in [6.07, 6.45) is 0.743. The molecule has 0 saturated heterocycles. The van der Waals surface area contributed by atoms with E-state index >= 15 is 0 Å². The minimum Gasteiger partial charge on any atom is -0.421 e. The predicted molar refractivity (Wildman–Crippen MR) is 22.0 cm³/mol. The molecule has 0 amide bonds. The molecular formula is C2H6O2Si. The number of rotatable bonds is 2. The first kappa shape index (κ1) is 4.85. The molecule has 0 atom stereocenters. The van der Waals surface area contributed by atoms with Crippen LogP contribution in [0, 0.1) is 0 Å². The van der Waals surface area contributed by atoms with Crippen molar-refractivity contribution in [3.8, 4) is 0 Å². The molecule has 2 nitrogen and oxygen atoms in total. The van der Waals surface area contributed by atoms with Crippen molar-refractivity contribution in [3.05, 3.63) is 0 Å². The van der Waals surface area contributed by atoms with E-state index in [0.29, 0.717) is 10.5 Å². The van der Waals surface area contributed by atoms with Gasteiger partial charge in [0.25, 0.3) is 0 Å². The maximum Gasteiger partial charge on any atom is 0.146 e. The fraction of sp³-hybridized carbons (Fsp3) is 0.500. The minimum absolute atomic E-state index is 0.270. The quantitative estimate of drug-likeness (QED) is 0.304. The van der Waals surface area contributed by atoms with Gasteiger partial charge < -0.3 is 9.22 Å². The average Bonchev–Trinajstić information content (AvgIpc) is 1.41.